The number of thioether (sulfide) groups is 1. The first kappa shape index (κ1) is 19.8. The molecule has 0 aliphatic rings. The number of nitrogens with two attached hydrogens (primary N) is 1. The Labute approximate surface area is 170 Å². The normalized spacial score (nSPS) is 11.8. The van der Waals surface area contributed by atoms with E-state index in [4.69, 9.17) is 5.73 Å². The Bertz CT molecular complexity index is 989. The molecule has 0 radical (unpaired) electrons. The molecule has 3 aromatic rings. The molecule has 1 amide bonds. The van der Waals surface area contributed by atoms with Gasteiger partial charge in [-0.2, -0.15) is 0 Å². The summed E-state index contributed by atoms with van der Waals surface area (Å²) in [6.07, 6.45) is 0.657. The molecule has 1 atom stereocenters. The van der Waals surface area contributed by atoms with Crippen LogP contribution in [-0.4, -0.2) is 21.1 Å². The molecular formula is C19H18N4O3S2. The lowest BCUT2D eigenvalue weighted by atomic mass is 10.1. The molecule has 144 valence electrons. The Morgan fingerprint density at radius 2 is 2.07 bits per heavy atom. The molecule has 1 heterocycles. The molecule has 28 heavy (non-hydrogen) atoms. The number of nitrogens with one attached hydrogen (secondary N) is 1. The second-order valence-corrected chi connectivity index (χ2v) is 8.05. The number of anilines is 2. The standard InChI is InChI=1S/C19H18N4O3S2/c1-2-17(28-15-8-6-13(20)7-9-15)18(24)22-19-21-16(11-27-19)12-4-3-5-14(10-12)23(25)26/h3-11,17H,2,20H2,1H3,(H,21,22,24). The number of nitro groups is 1. The highest BCUT2D eigenvalue weighted by Crippen LogP contribution is 2.30. The first-order valence-corrected chi connectivity index (χ1v) is 10.3. The smallest absolute Gasteiger partial charge is 0.270 e. The van der Waals surface area contributed by atoms with Gasteiger partial charge in [0, 0.05) is 33.7 Å². The first-order valence-electron chi connectivity index (χ1n) is 8.49. The number of hydrogen-bond acceptors (Lipinski definition) is 7. The van der Waals surface area contributed by atoms with Gasteiger partial charge in [-0.05, 0) is 30.7 Å². The summed E-state index contributed by atoms with van der Waals surface area (Å²) in [5, 5.41) is 15.7. The van der Waals surface area contributed by atoms with Gasteiger partial charge < -0.3 is 11.1 Å². The number of rotatable bonds is 7. The van der Waals surface area contributed by atoms with Crippen LogP contribution in [0.3, 0.4) is 0 Å². The minimum absolute atomic E-state index is 0.00188. The molecule has 7 nitrogen and oxygen atoms in total. The number of amides is 1. The van der Waals surface area contributed by atoms with Crippen LogP contribution in [0.5, 0.6) is 0 Å². The fourth-order valence-electron chi connectivity index (χ4n) is 2.46. The third-order valence-electron chi connectivity index (χ3n) is 3.91. The highest BCUT2D eigenvalue weighted by Gasteiger charge is 2.19. The Balaban J connectivity index is 1.69. The Kier molecular flexibility index (Phi) is 6.27. The molecule has 2 aromatic carbocycles. The van der Waals surface area contributed by atoms with Gasteiger partial charge in [-0.3, -0.25) is 14.9 Å². The second-order valence-electron chi connectivity index (χ2n) is 5.92. The van der Waals surface area contributed by atoms with E-state index in [-0.39, 0.29) is 16.8 Å². The number of nitrogen functional groups attached to an aromatic ring is 1. The molecule has 9 heteroatoms. The zero-order valence-electron chi connectivity index (χ0n) is 15.0. The van der Waals surface area contributed by atoms with E-state index in [1.807, 2.05) is 19.1 Å². The third kappa shape index (κ3) is 4.87. The lowest BCUT2D eigenvalue weighted by Crippen LogP contribution is -2.24. The molecular weight excluding hydrogens is 396 g/mol. The fourth-order valence-corrected chi connectivity index (χ4v) is 4.14. The number of nitro benzene ring substituents is 1. The van der Waals surface area contributed by atoms with E-state index in [0.717, 1.165) is 4.90 Å². The van der Waals surface area contributed by atoms with Gasteiger partial charge in [0.2, 0.25) is 5.91 Å². The Hall–Kier alpha value is -2.91. The van der Waals surface area contributed by atoms with Crippen LogP contribution in [0.15, 0.2) is 58.8 Å². The van der Waals surface area contributed by atoms with Crippen molar-refractivity contribution >= 4 is 45.5 Å². The molecule has 0 aliphatic heterocycles. The lowest BCUT2D eigenvalue weighted by molar-refractivity contribution is -0.384. The third-order valence-corrected chi connectivity index (χ3v) is 6.04. The van der Waals surface area contributed by atoms with E-state index in [9.17, 15) is 14.9 Å². The van der Waals surface area contributed by atoms with Gasteiger partial charge in [0.05, 0.1) is 15.9 Å². The number of non-ortho nitro benzene ring substituents is 1. The van der Waals surface area contributed by atoms with E-state index in [2.05, 4.69) is 10.3 Å². The van der Waals surface area contributed by atoms with Crippen molar-refractivity contribution in [1.82, 2.24) is 4.98 Å². The summed E-state index contributed by atoms with van der Waals surface area (Å²) in [6, 6.07) is 13.6. The van der Waals surface area contributed by atoms with Crippen LogP contribution < -0.4 is 11.1 Å². The number of thiazole rings is 1. The Morgan fingerprint density at radius 1 is 1.32 bits per heavy atom. The minimum Gasteiger partial charge on any atom is -0.399 e. The molecule has 0 spiro atoms. The summed E-state index contributed by atoms with van der Waals surface area (Å²) in [4.78, 5) is 28.5. The van der Waals surface area contributed by atoms with Crippen molar-refractivity contribution in [1.29, 1.82) is 0 Å². The number of nitrogens with zero attached hydrogens (tertiary/aromatic N) is 2. The quantitative estimate of drug-likeness (QED) is 0.248. The van der Waals surface area contributed by atoms with E-state index in [1.54, 1.807) is 29.6 Å². The maximum Gasteiger partial charge on any atom is 0.270 e. The molecule has 0 bridgehead atoms. The molecule has 1 unspecified atom stereocenters. The van der Waals surface area contributed by atoms with E-state index < -0.39 is 4.92 Å². The molecule has 3 rings (SSSR count). The van der Waals surface area contributed by atoms with Crippen LogP contribution in [0.2, 0.25) is 0 Å². The topological polar surface area (TPSA) is 111 Å². The van der Waals surface area contributed by atoms with Crippen molar-refractivity contribution < 1.29 is 9.72 Å². The highest BCUT2D eigenvalue weighted by molar-refractivity contribution is 8.00. The highest BCUT2D eigenvalue weighted by atomic mass is 32.2. The number of carbonyl (C=O) groups excluding carboxylic acids is 1. The molecule has 1 aromatic heterocycles. The zero-order valence-corrected chi connectivity index (χ0v) is 16.6. The van der Waals surface area contributed by atoms with Gasteiger partial charge in [-0.1, -0.05) is 19.1 Å². The van der Waals surface area contributed by atoms with Gasteiger partial charge in [0.15, 0.2) is 5.13 Å². The second kappa shape index (κ2) is 8.85. The van der Waals surface area contributed by atoms with Gasteiger partial charge in [0.1, 0.15) is 0 Å². The average molecular weight is 415 g/mol. The minimum atomic E-state index is -0.446. The van der Waals surface area contributed by atoms with Crippen LogP contribution in [0.25, 0.3) is 11.3 Å². The van der Waals surface area contributed by atoms with Gasteiger partial charge in [0.25, 0.3) is 5.69 Å². The SMILES string of the molecule is CCC(Sc1ccc(N)cc1)C(=O)Nc1nc(-c2cccc([N+](=O)[O-])c2)cs1. The first-order chi connectivity index (χ1) is 13.5. The van der Waals surface area contributed by atoms with Crippen LogP contribution in [0.1, 0.15) is 13.3 Å². The van der Waals surface area contributed by atoms with E-state index in [1.165, 1.54) is 35.2 Å². The Morgan fingerprint density at radius 3 is 2.75 bits per heavy atom. The predicted octanol–water partition coefficient (Wildman–Crippen LogP) is 4.81. The number of aromatic nitrogens is 1. The summed E-state index contributed by atoms with van der Waals surface area (Å²) in [7, 11) is 0. The summed E-state index contributed by atoms with van der Waals surface area (Å²) in [5.41, 5.74) is 7.60. The van der Waals surface area contributed by atoms with Crippen molar-refractivity contribution in [3.8, 4) is 11.3 Å². The van der Waals surface area contributed by atoms with Crippen molar-refractivity contribution in [2.24, 2.45) is 0 Å². The fraction of sp³-hybridized carbons (Fsp3) is 0.158. The van der Waals surface area contributed by atoms with Crippen molar-refractivity contribution in [3.05, 3.63) is 64.0 Å². The largest absolute Gasteiger partial charge is 0.399 e. The lowest BCUT2D eigenvalue weighted by Gasteiger charge is -2.13. The van der Waals surface area contributed by atoms with Crippen molar-refractivity contribution in [2.75, 3.05) is 11.1 Å². The molecule has 0 aliphatic carbocycles. The van der Waals surface area contributed by atoms with Crippen LogP contribution in [0.4, 0.5) is 16.5 Å². The summed E-state index contributed by atoms with van der Waals surface area (Å²) in [5.74, 6) is -0.135. The molecule has 0 saturated carbocycles. The zero-order chi connectivity index (χ0) is 20.1. The predicted molar refractivity (Wildman–Crippen MR) is 114 cm³/mol. The molecule has 3 N–H and O–H groups in total. The van der Waals surface area contributed by atoms with Crippen LogP contribution in [-0.2, 0) is 4.79 Å². The average Bonchev–Trinajstić information content (AvgIpc) is 3.16. The monoisotopic (exact) mass is 414 g/mol. The van der Waals surface area contributed by atoms with Crippen LogP contribution >= 0.6 is 23.1 Å². The number of hydrogen-bond donors (Lipinski definition) is 2. The number of carbonyl (C=O) groups is 1. The number of benzene rings is 2. The van der Waals surface area contributed by atoms with E-state index >= 15 is 0 Å². The van der Waals surface area contributed by atoms with Crippen molar-refractivity contribution in [2.45, 2.75) is 23.5 Å². The molecule has 0 saturated heterocycles. The van der Waals surface area contributed by atoms with E-state index in [0.29, 0.717) is 28.5 Å². The van der Waals surface area contributed by atoms with Crippen molar-refractivity contribution in [3.63, 3.8) is 0 Å². The van der Waals surface area contributed by atoms with Gasteiger partial charge in [-0.15, -0.1) is 23.1 Å². The van der Waals surface area contributed by atoms with Gasteiger partial charge >= 0.3 is 0 Å². The molecule has 0 fully saturated rings. The summed E-state index contributed by atoms with van der Waals surface area (Å²) >= 11 is 2.75. The maximum absolute atomic E-state index is 12.6. The maximum atomic E-state index is 12.6. The summed E-state index contributed by atoms with van der Waals surface area (Å²) < 4.78 is 0. The van der Waals surface area contributed by atoms with Gasteiger partial charge in [-0.25, -0.2) is 4.98 Å². The summed E-state index contributed by atoms with van der Waals surface area (Å²) in [6.45, 7) is 1.95. The van der Waals surface area contributed by atoms with Crippen LogP contribution in [0, 0.1) is 10.1 Å².